The van der Waals surface area contributed by atoms with Gasteiger partial charge in [0.25, 0.3) is 0 Å². The average molecular weight is 394 g/mol. The molecule has 1 aliphatic heterocycles. The van der Waals surface area contributed by atoms with Gasteiger partial charge in [-0.25, -0.2) is 9.78 Å². The van der Waals surface area contributed by atoms with E-state index in [0.717, 1.165) is 5.56 Å². The minimum atomic E-state index is -0.531. The number of carbonyl (C=O) groups excluding carboxylic acids is 2. The van der Waals surface area contributed by atoms with Crippen LogP contribution in [0.1, 0.15) is 49.2 Å². The summed E-state index contributed by atoms with van der Waals surface area (Å²) >= 11 is 0. The van der Waals surface area contributed by atoms with Crippen molar-refractivity contribution in [1.82, 2.24) is 9.88 Å². The molecule has 1 amide bonds. The highest BCUT2D eigenvalue weighted by atomic mass is 16.6. The average Bonchev–Trinajstić information content (AvgIpc) is 2.65. The molecule has 0 spiro atoms. The van der Waals surface area contributed by atoms with Crippen molar-refractivity contribution in [2.24, 2.45) is 0 Å². The highest BCUT2D eigenvalue weighted by molar-refractivity contribution is 6.07. The largest absolute Gasteiger partial charge is 0.444 e. The van der Waals surface area contributed by atoms with E-state index in [1.165, 1.54) is 6.92 Å². The Bertz CT molecular complexity index is 1010. The van der Waals surface area contributed by atoms with Crippen LogP contribution in [0, 0.1) is 18.3 Å². The van der Waals surface area contributed by atoms with Crippen molar-refractivity contribution in [3.8, 4) is 6.07 Å². The van der Waals surface area contributed by atoms with E-state index >= 15 is 0 Å². The molecule has 0 aliphatic carbocycles. The van der Waals surface area contributed by atoms with Crippen molar-refractivity contribution >= 4 is 28.6 Å². The third-order valence-corrected chi connectivity index (χ3v) is 4.80. The van der Waals surface area contributed by atoms with Crippen LogP contribution < -0.4 is 4.90 Å². The minimum absolute atomic E-state index is 0.0815. The van der Waals surface area contributed by atoms with Gasteiger partial charge in [-0.2, -0.15) is 5.26 Å². The molecule has 0 radical (unpaired) electrons. The number of pyridine rings is 1. The van der Waals surface area contributed by atoms with Gasteiger partial charge in [-0.3, -0.25) is 4.79 Å². The molecule has 1 aromatic carbocycles. The van der Waals surface area contributed by atoms with E-state index in [-0.39, 0.29) is 11.9 Å². The Morgan fingerprint density at radius 3 is 2.34 bits per heavy atom. The molecule has 0 bridgehead atoms. The number of Topliss-reactive ketones (excluding diaryl/α,β-unsaturated/α-hetero) is 1. The molecule has 2 aromatic rings. The van der Waals surface area contributed by atoms with E-state index in [1.54, 1.807) is 11.0 Å². The van der Waals surface area contributed by atoms with Crippen LogP contribution in [0.15, 0.2) is 18.2 Å². The van der Waals surface area contributed by atoms with Crippen molar-refractivity contribution in [1.29, 1.82) is 5.26 Å². The number of hydrogen-bond acceptors (Lipinski definition) is 6. The second-order valence-corrected chi connectivity index (χ2v) is 8.36. The molecule has 1 saturated heterocycles. The predicted octanol–water partition coefficient (Wildman–Crippen LogP) is 3.67. The minimum Gasteiger partial charge on any atom is -0.444 e. The first-order valence-electron chi connectivity index (χ1n) is 9.68. The number of hydrogen-bond donors (Lipinski definition) is 0. The number of carbonyl (C=O) groups is 2. The molecule has 0 saturated carbocycles. The van der Waals surface area contributed by atoms with Crippen LogP contribution >= 0.6 is 0 Å². The number of ether oxygens (including phenoxy) is 1. The standard InChI is InChI=1S/C22H26N4O3/c1-14-10-17(15(2)27)20-18(11-14)16(13-23)12-19(24-20)25-6-8-26(9-7-25)21(28)29-22(3,4)5/h10-12H,6-9H2,1-5H3. The molecule has 1 aromatic heterocycles. The van der Waals surface area contributed by atoms with E-state index in [0.29, 0.717) is 54.0 Å². The van der Waals surface area contributed by atoms with Gasteiger partial charge in [-0.15, -0.1) is 0 Å². The van der Waals surface area contributed by atoms with Gasteiger partial charge in [0.2, 0.25) is 0 Å². The number of amides is 1. The highest BCUT2D eigenvalue weighted by Crippen LogP contribution is 2.28. The maximum absolute atomic E-state index is 12.3. The lowest BCUT2D eigenvalue weighted by Crippen LogP contribution is -2.50. The quantitative estimate of drug-likeness (QED) is 0.722. The molecular formula is C22H26N4O3. The van der Waals surface area contributed by atoms with Crippen LogP contribution in [0.3, 0.4) is 0 Å². The smallest absolute Gasteiger partial charge is 0.410 e. The maximum Gasteiger partial charge on any atom is 0.410 e. The summed E-state index contributed by atoms with van der Waals surface area (Å²) in [6.07, 6.45) is -0.323. The first-order chi connectivity index (χ1) is 13.6. The summed E-state index contributed by atoms with van der Waals surface area (Å²) in [5.74, 6) is 0.561. The number of ketones is 1. The lowest BCUT2D eigenvalue weighted by molar-refractivity contribution is 0.0240. The molecule has 29 heavy (non-hydrogen) atoms. The fourth-order valence-electron chi connectivity index (χ4n) is 3.43. The summed E-state index contributed by atoms with van der Waals surface area (Å²) in [6, 6.07) is 7.69. The first-order valence-corrected chi connectivity index (χ1v) is 9.68. The third kappa shape index (κ3) is 4.48. The second kappa shape index (κ2) is 7.70. The van der Waals surface area contributed by atoms with Crippen molar-refractivity contribution in [3.05, 3.63) is 34.9 Å². The summed E-state index contributed by atoms with van der Waals surface area (Å²) in [7, 11) is 0. The molecule has 0 atom stereocenters. The van der Waals surface area contributed by atoms with E-state index in [2.05, 4.69) is 6.07 Å². The van der Waals surface area contributed by atoms with E-state index in [4.69, 9.17) is 9.72 Å². The Morgan fingerprint density at radius 1 is 1.14 bits per heavy atom. The number of rotatable bonds is 2. The normalized spacial score (nSPS) is 14.6. The number of benzene rings is 1. The number of piperazine rings is 1. The topological polar surface area (TPSA) is 86.5 Å². The van der Waals surface area contributed by atoms with Crippen LogP contribution in [0.5, 0.6) is 0 Å². The van der Waals surface area contributed by atoms with Crippen molar-refractivity contribution in [3.63, 3.8) is 0 Å². The SMILES string of the molecule is CC(=O)c1cc(C)cc2c(C#N)cc(N3CCN(C(=O)OC(C)(C)C)CC3)nc12. The molecule has 7 heteroatoms. The molecule has 2 heterocycles. The fourth-order valence-corrected chi connectivity index (χ4v) is 3.43. The summed E-state index contributed by atoms with van der Waals surface area (Å²) in [5.41, 5.74) is 1.94. The van der Waals surface area contributed by atoms with E-state index in [9.17, 15) is 14.9 Å². The summed E-state index contributed by atoms with van der Waals surface area (Å²) in [6.45, 7) is 11.1. The monoisotopic (exact) mass is 394 g/mol. The zero-order chi connectivity index (χ0) is 21.3. The molecule has 1 aliphatic rings. The van der Waals surface area contributed by atoms with Gasteiger partial charge in [0, 0.05) is 37.1 Å². The van der Waals surface area contributed by atoms with E-state index < -0.39 is 5.60 Å². The van der Waals surface area contributed by atoms with Gasteiger partial charge >= 0.3 is 6.09 Å². The van der Waals surface area contributed by atoms with Crippen LogP contribution in [-0.2, 0) is 4.74 Å². The summed E-state index contributed by atoms with van der Waals surface area (Å²) in [4.78, 5) is 32.8. The molecule has 3 rings (SSSR count). The van der Waals surface area contributed by atoms with Gasteiger partial charge < -0.3 is 14.5 Å². The number of fused-ring (bicyclic) bond motifs is 1. The van der Waals surface area contributed by atoms with Crippen LogP contribution in [0.4, 0.5) is 10.6 Å². The number of aryl methyl sites for hydroxylation is 1. The number of aromatic nitrogens is 1. The molecule has 152 valence electrons. The Balaban J connectivity index is 1.89. The zero-order valence-electron chi connectivity index (χ0n) is 17.6. The molecule has 0 N–H and O–H groups in total. The Kier molecular flexibility index (Phi) is 5.47. The lowest BCUT2D eigenvalue weighted by Gasteiger charge is -2.36. The van der Waals surface area contributed by atoms with Gasteiger partial charge in [-0.05, 0) is 58.4 Å². The van der Waals surface area contributed by atoms with Gasteiger partial charge in [-0.1, -0.05) is 0 Å². The molecular weight excluding hydrogens is 368 g/mol. The van der Waals surface area contributed by atoms with Gasteiger partial charge in [0.05, 0.1) is 17.1 Å². The van der Waals surface area contributed by atoms with Crippen molar-refractivity contribution < 1.29 is 14.3 Å². The van der Waals surface area contributed by atoms with Gasteiger partial charge in [0.1, 0.15) is 11.4 Å². The maximum atomic E-state index is 12.3. The van der Waals surface area contributed by atoms with Crippen LogP contribution in [-0.4, -0.2) is 53.5 Å². The molecule has 7 nitrogen and oxygen atoms in total. The van der Waals surface area contributed by atoms with Crippen molar-refractivity contribution in [2.45, 2.75) is 40.2 Å². The van der Waals surface area contributed by atoms with Gasteiger partial charge in [0.15, 0.2) is 5.78 Å². The lowest BCUT2D eigenvalue weighted by atomic mass is 10.00. The number of nitrogens with zero attached hydrogens (tertiary/aromatic N) is 4. The number of anilines is 1. The van der Waals surface area contributed by atoms with Crippen molar-refractivity contribution in [2.75, 3.05) is 31.1 Å². The fraction of sp³-hybridized carbons (Fsp3) is 0.455. The van der Waals surface area contributed by atoms with Crippen LogP contribution in [0.2, 0.25) is 0 Å². The Hall–Kier alpha value is -3.14. The second-order valence-electron chi connectivity index (χ2n) is 8.36. The highest BCUT2D eigenvalue weighted by Gasteiger charge is 2.27. The molecule has 0 unspecified atom stereocenters. The zero-order valence-corrected chi connectivity index (χ0v) is 17.6. The summed E-state index contributed by atoms with van der Waals surface area (Å²) in [5, 5.41) is 10.3. The first kappa shape index (κ1) is 20.6. The third-order valence-electron chi connectivity index (χ3n) is 4.80. The molecule has 1 fully saturated rings. The Labute approximate surface area is 170 Å². The number of nitriles is 1. The summed E-state index contributed by atoms with van der Waals surface area (Å²) < 4.78 is 5.44. The predicted molar refractivity (Wildman–Crippen MR) is 111 cm³/mol. The Morgan fingerprint density at radius 2 is 1.79 bits per heavy atom. The van der Waals surface area contributed by atoms with E-state index in [1.807, 2.05) is 44.7 Å². The van der Waals surface area contributed by atoms with Crippen LogP contribution in [0.25, 0.3) is 10.9 Å².